The molecule has 0 fully saturated rings. The van der Waals surface area contributed by atoms with Gasteiger partial charge in [0, 0.05) is 37.1 Å². The molecule has 1 rings (SSSR count). The number of hydrogen-bond donors (Lipinski definition) is 1. The van der Waals surface area contributed by atoms with Crippen LogP contribution in [0, 0.1) is 0 Å². The monoisotopic (exact) mass is 285 g/mol. The third-order valence-corrected chi connectivity index (χ3v) is 3.36. The van der Waals surface area contributed by atoms with Gasteiger partial charge < -0.3 is 10.2 Å². The van der Waals surface area contributed by atoms with Crippen molar-refractivity contribution in [3.05, 3.63) is 11.9 Å². The third-order valence-electron chi connectivity index (χ3n) is 2.77. The maximum atomic E-state index is 4.19. The first kappa shape index (κ1) is 16.5. The molecule has 19 heavy (non-hydrogen) atoms. The number of aromatic nitrogens is 3. The van der Waals surface area contributed by atoms with Gasteiger partial charge in [0.25, 0.3) is 0 Å². The second kappa shape index (κ2) is 7.87. The molecular weight excluding hydrogens is 258 g/mol. The minimum absolute atomic E-state index is 0.113. The number of nitrogens with one attached hydrogen (secondary N) is 1. The molecule has 0 aliphatic rings. The van der Waals surface area contributed by atoms with E-state index in [9.17, 15) is 0 Å². The lowest BCUT2D eigenvalue weighted by Crippen LogP contribution is -2.35. The first-order valence-electron chi connectivity index (χ1n) is 6.72. The van der Waals surface area contributed by atoms with Gasteiger partial charge in [-0.25, -0.2) is 0 Å². The highest BCUT2D eigenvalue weighted by molar-refractivity contribution is 7.98. The van der Waals surface area contributed by atoms with Crippen LogP contribution in [0.15, 0.2) is 6.20 Å². The van der Waals surface area contributed by atoms with E-state index in [1.165, 1.54) is 5.75 Å². The summed E-state index contributed by atoms with van der Waals surface area (Å²) < 4.78 is 1.93. The van der Waals surface area contributed by atoms with Crippen molar-refractivity contribution in [2.45, 2.75) is 39.4 Å². The molecule has 110 valence electrons. The van der Waals surface area contributed by atoms with E-state index in [0.29, 0.717) is 0 Å². The molecular formula is C13H27N5S. The van der Waals surface area contributed by atoms with Crippen molar-refractivity contribution in [1.82, 2.24) is 25.2 Å². The van der Waals surface area contributed by atoms with E-state index in [1.54, 1.807) is 0 Å². The lowest BCUT2D eigenvalue weighted by molar-refractivity contribution is 0.328. The van der Waals surface area contributed by atoms with Gasteiger partial charge in [-0.05, 0) is 34.1 Å². The Labute approximate surface area is 121 Å². The minimum Gasteiger partial charge on any atom is -0.306 e. The van der Waals surface area contributed by atoms with E-state index in [1.807, 2.05) is 22.6 Å². The Bertz CT molecular complexity index is 358. The molecule has 6 heteroatoms. The van der Waals surface area contributed by atoms with Gasteiger partial charge >= 0.3 is 0 Å². The van der Waals surface area contributed by atoms with Crippen molar-refractivity contribution in [1.29, 1.82) is 0 Å². The average Bonchev–Trinajstić information content (AvgIpc) is 2.78. The van der Waals surface area contributed by atoms with Crippen LogP contribution in [-0.4, -0.2) is 57.6 Å². The molecule has 0 unspecified atom stereocenters. The Morgan fingerprint density at radius 2 is 2.11 bits per heavy atom. The third kappa shape index (κ3) is 7.54. The maximum Gasteiger partial charge on any atom is 0.0965 e. The first-order valence-corrected chi connectivity index (χ1v) is 8.11. The van der Waals surface area contributed by atoms with E-state index in [0.717, 1.165) is 31.9 Å². The fourth-order valence-electron chi connectivity index (χ4n) is 1.52. The largest absolute Gasteiger partial charge is 0.306 e. The fraction of sp³-hybridized carbons (Fsp3) is 0.846. The van der Waals surface area contributed by atoms with Crippen LogP contribution >= 0.6 is 11.8 Å². The zero-order chi connectivity index (χ0) is 14.3. The van der Waals surface area contributed by atoms with Gasteiger partial charge in [0.05, 0.1) is 12.2 Å². The summed E-state index contributed by atoms with van der Waals surface area (Å²) in [6, 6.07) is 0. The number of rotatable bonds is 8. The Morgan fingerprint density at radius 3 is 2.74 bits per heavy atom. The molecule has 0 aliphatic carbocycles. The number of hydrogen-bond acceptors (Lipinski definition) is 5. The summed E-state index contributed by atoms with van der Waals surface area (Å²) >= 11 is 1.88. The highest BCUT2D eigenvalue weighted by Crippen LogP contribution is 2.01. The minimum atomic E-state index is 0.113. The van der Waals surface area contributed by atoms with Crippen LogP contribution in [-0.2, 0) is 13.1 Å². The summed E-state index contributed by atoms with van der Waals surface area (Å²) in [7, 11) is 2.15. The quantitative estimate of drug-likeness (QED) is 0.783. The highest BCUT2D eigenvalue weighted by Gasteiger charge is 2.10. The Kier molecular flexibility index (Phi) is 6.82. The average molecular weight is 285 g/mol. The smallest absolute Gasteiger partial charge is 0.0965 e. The molecule has 1 aromatic heterocycles. The normalized spacial score (nSPS) is 12.3. The van der Waals surface area contributed by atoms with Gasteiger partial charge in [-0.15, -0.1) is 5.10 Å². The van der Waals surface area contributed by atoms with Crippen LogP contribution in [0.5, 0.6) is 0 Å². The van der Waals surface area contributed by atoms with Gasteiger partial charge in [-0.2, -0.15) is 11.8 Å². The predicted molar refractivity (Wildman–Crippen MR) is 82.5 cm³/mol. The van der Waals surface area contributed by atoms with Crippen LogP contribution in [0.4, 0.5) is 0 Å². The summed E-state index contributed by atoms with van der Waals surface area (Å²) in [6.07, 6.45) is 4.17. The zero-order valence-corrected chi connectivity index (χ0v) is 13.6. The van der Waals surface area contributed by atoms with Crippen molar-refractivity contribution < 1.29 is 0 Å². The topological polar surface area (TPSA) is 46.0 Å². The first-order chi connectivity index (χ1) is 8.90. The summed E-state index contributed by atoms with van der Waals surface area (Å²) in [5, 5.41) is 11.8. The Hall–Kier alpha value is -0.590. The van der Waals surface area contributed by atoms with E-state index in [4.69, 9.17) is 0 Å². The van der Waals surface area contributed by atoms with Gasteiger partial charge in [-0.3, -0.25) is 4.68 Å². The Morgan fingerprint density at radius 1 is 1.37 bits per heavy atom. The van der Waals surface area contributed by atoms with E-state index in [-0.39, 0.29) is 5.54 Å². The number of thioether (sulfide) groups is 1. The van der Waals surface area contributed by atoms with Crippen LogP contribution in [0.3, 0.4) is 0 Å². The summed E-state index contributed by atoms with van der Waals surface area (Å²) in [6.45, 7) is 10.2. The van der Waals surface area contributed by atoms with Crippen molar-refractivity contribution >= 4 is 11.8 Å². The SMILES string of the molecule is CSCCN(C)CCn1cc(CNC(C)(C)C)nn1. The molecule has 0 radical (unpaired) electrons. The second-order valence-electron chi connectivity index (χ2n) is 5.87. The lowest BCUT2D eigenvalue weighted by atomic mass is 10.1. The molecule has 0 spiro atoms. The molecule has 0 saturated carbocycles. The summed E-state index contributed by atoms with van der Waals surface area (Å²) in [5.74, 6) is 1.18. The van der Waals surface area contributed by atoms with Crippen molar-refractivity contribution in [2.75, 3.05) is 32.1 Å². The summed E-state index contributed by atoms with van der Waals surface area (Å²) in [4.78, 5) is 2.32. The van der Waals surface area contributed by atoms with E-state index >= 15 is 0 Å². The van der Waals surface area contributed by atoms with Crippen molar-refractivity contribution in [3.63, 3.8) is 0 Å². The van der Waals surface area contributed by atoms with Crippen LogP contribution in [0.25, 0.3) is 0 Å². The fourth-order valence-corrected chi connectivity index (χ4v) is 2.01. The molecule has 1 N–H and O–H groups in total. The van der Waals surface area contributed by atoms with Crippen LogP contribution in [0.2, 0.25) is 0 Å². The molecule has 0 aromatic carbocycles. The Balaban J connectivity index is 2.30. The maximum absolute atomic E-state index is 4.19. The van der Waals surface area contributed by atoms with Crippen LogP contribution in [0.1, 0.15) is 26.5 Å². The van der Waals surface area contributed by atoms with Gasteiger partial charge in [0.2, 0.25) is 0 Å². The predicted octanol–water partition coefficient (Wildman–Crippen LogP) is 1.46. The standard InChI is InChI=1S/C13H27N5S/c1-13(2,3)14-10-12-11-18(16-15-12)7-6-17(4)8-9-19-5/h11,14H,6-10H2,1-5H3. The van der Waals surface area contributed by atoms with E-state index < -0.39 is 0 Å². The van der Waals surface area contributed by atoms with Gasteiger partial charge in [0.15, 0.2) is 0 Å². The zero-order valence-electron chi connectivity index (χ0n) is 12.8. The number of likely N-dealkylation sites (N-methyl/N-ethyl adjacent to an activating group) is 1. The molecule has 0 amide bonds. The number of nitrogens with zero attached hydrogens (tertiary/aromatic N) is 4. The van der Waals surface area contributed by atoms with Gasteiger partial charge in [-0.1, -0.05) is 5.21 Å². The van der Waals surface area contributed by atoms with Crippen molar-refractivity contribution in [3.8, 4) is 0 Å². The van der Waals surface area contributed by atoms with Gasteiger partial charge in [0.1, 0.15) is 0 Å². The highest BCUT2D eigenvalue weighted by atomic mass is 32.2. The molecule has 0 aliphatic heterocycles. The molecule has 0 bridgehead atoms. The molecule has 1 heterocycles. The summed E-state index contributed by atoms with van der Waals surface area (Å²) in [5.41, 5.74) is 1.11. The second-order valence-corrected chi connectivity index (χ2v) is 6.86. The van der Waals surface area contributed by atoms with Crippen molar-refractivity contribution in [2.24, 2.45) is 0 Å². The molecule has 1 aromatic rings. The lowest BCUT2D eigenvalue weighted by Gasteiger charge is -2.19. The molecule has 5 nitrogen and oxygen atoms in total. The van der Waals surface area contributed by atoms with Crippen LogP contribution < -0.4 is 5.32 Å². The van der Waals surface area contributed by atoms with E-state index in [2.05, 4.69) is 54.6 Å². The molecule has 0 saturated heterocycles. The molecule has 0 atom stereocenters.